The molecule has 1 fully saturated rings. The van der Waals surface area contributed by atoms with Crippen molar-refractivity contribution < 1.29 is 9.53 Å². The number of nitrogens with zero attached hydrogens (tertiary/aromatic N) is 1. The number of anilines is 1. The fourth-order valence-corrected chi connectivity index (χ4v) is 3.60. The molecule has 0 atom stereocenters. The van der Waals surface area contributed by atoms with Crippen LogP contribution in [-0.4, -0.2) is 36.8 Å². The third-order valence-corrected chi connectivity index (χ3v) is 5.14. The predicted octanol–water partition coefficient (Wildman–Crippen LogP) is 3.16. The first-order valence-corrected chi connectivity index (χ1v) is 8.42. The SMILES string of the molecule is COc1ccc(N)c(SCC(=O)N(C)C2CCCCC2)c1. The number of carbonyl (C=O) groups excluding carboxylic acids is 1. The summed E-state index contributed by atoms with van der Waals surface area (Å²) in [5.41, 5.74) is 6.64. The third-order valence-electron chi connectivity index (χ3n) is 4.09. The summed E-state index contributed by atoms with van der Waals surface area (Å²) in [5.74, 6) is 1.36. The molecule has 0 radical (unpaired) electrons. The lowest BCUT2D eigenvalue weighted by atomic mass is 9.94. The molecule has 1 aliphatic carbocycles. The van der Waals surface area contributed by atoms with Crippen LogP contribution in [-0.2, 0) is 4.79 Å². The zero-order chi connectivity index (χ0) is 15.2. The quantitative estimate of drug-likeness (QED) is 0.670. The molecule has 1 amide bonds. The predicted molar refractivity (Wildman–Crippen MR) is 87.8 cm³/mol. The minimum absolute atomic E-state index is 0.175. The number of hydrogen-bond acceptors (Lipinski definition) is 4. The molecule has 0 aromatic heterocycles. The number of thioether (sulfide) groups is 1. The maximum atomic E-state index is 12.3. The number of benzene rings is 1. The number of rotatable bonds is 5. The Morgan fingerprint density at radius 2 is 2.10 bits per heavy atom. The van der Waals surface area contributed by atoms with E-state index in [-0.39, 0.29) is 5.91 Å². The van der Waals surface area contributed by atoms with Crippen LogP contribution in [0.4, 0.5) is 5.69 Å². The van der Waals surface area contributed by atoms with Crippen LogP contribution in [0, 0.1) is 0 Å². The van der Waals surface area contributed by atoms with E-state index < -0.39 is 0 Å². The number of hydrogen-bond donors (Lipinski definition) is 1. The molecule has 4 nitrogen and oxygen atoms in total. The maximum absolute atomic E-state index is 12.3. The zero-order valence-corrected chi connectivity index (χ0v) is 13.6. The highest BCUT2D eigenvalue weighted by Crippen LogP contribution is 2.30. The van der Waals surface area contributed by atoms with Crippen molar-refractivity contribution in [1.29, 1.82) is 0 Å². The van der Waals surface area contributed by atoms with Crippen molar-refractivity contribution >= 4 is 23.4 Å². The van der Waals surface area contributed by atoms with E-state index in [4.69, 9.17) is 10.5 Å². The van der Waals surface area contributed by atoms with Crippen LogP contribution in [0.25, 0.3) is 0 Å². The van der Waals surface area contributed by atoms with E-state index in [1.165, 1.54) is 31.0 Å². The first-order chi connectivity index (χ1) is 10.1. The molecule has 1 aromatic rings. The van der Waals surface area contributed by atoms with E-state index in [0.717, 1.165) is 23.5 Å². The molecule has 0 spiro atoms. The molecule has 1 saturated carbocycles. The average Bonchev–Trinajstić information content (AvgIpc) is 2.54. The highest BCUT2D eigenvalue weighted by atomic mass is 32.2. The van der Waals surface area contributed by atoms with Gasteiger partial charge in [0.2, 0.25) is 5.91 Å². The topological polar surface area (TPSA) is 55.6 Å². The molecule has 21 heavy (non-hydrogen) atoms. The second kappa shape index (κ2) is 7.59. The van der Waals surface area contributed by atoms with Crippen LogP contribution >= 0.6 is 11.8 Å². The highest BCUT2D eigenvalue weighted by Gasteiger charge is 2.22. The Hall–Kier alpha value is -1.36. The minimum Gasteiger partial charge on any atom is -0.497 e. The number of nitrogen functional groups attached to an aromatic ring is 1. The van der Waals surface area contributed by atoms with Crippen molar-refractivity contribution in [2.75, 3.05) is 25.6 Å². The van der Waals surface area contributed by atoms with Gasteiger partial charge < -0.3 is 15.4 Å². The molecule has 1 aromatic carbocycles. The van der Waals surface area contributed by atoms with E-state index in [0.29, 0.717) is 17.5 Å². The summed E-state index contributed by atoms with van der Waals surface area (Å²) in [7, 11) is 3.55. The number of carbonyl (C=O) groups is 1. The molecule has 0 saturated heterocycles. The minimum atomic E-state index is 0.175. The Bertz CT molecular complexity index is 487. The van der Waals surface area contributed by atoms with Crippen molar-refractivity contribution in [3.63, 3.8) is 0 Å². The summed E-state index contributed by atoms with van der Waals surface area (Å²) in [4.78, 5) is 15.1. The molecule has 116 valence electrons. The van der Waals surface area contributed by atoms with Gasteiger partial charge in [-0.2, -0.15) is 0 Å². The normalized spacial score (nSPS) is 15.7. The Morgan fingerprint density at radius 3 is 2.76 bits per heavy atom. The molecule has 0 aliphatic heterocycles. The van der Waals surface area contributed by atoms with Crippen LogP contribution in [0.2, 0.25) is 0 Å². The van der Waals surface area contributed by atoms with Crippen LogP contribution in [0.3, 0.4) is 0 Å². The molecule has 2 rings (SSSR count). The first-order valence-electron chi connectivity index (χ1n) is 7.44. The van der Waals surface area contributed by atoms with Crippen LogP contribution < -0.4 is 10.5 Å². The largest absolute Gasteiger partial charge is 0.497 e. The van der Waals surface area contributed by atoms with Crippen LogP contribution in [0.1, 0.15) is 32.1 Å². The van der Waals surface area contributed by atoms with Gasteiger partial charge in [0.05, 0.1) is 12.9 Å². The summed E-state index contributed by atoms with van der Waals surface area (Å²) in [6.45, 7) is 0. The Labute approximate surface area is 131 Å². The maximum Gasteiger partial charge on any atom is 0.232 e. The van der Waals surface area contributed by atoms with Crippen molar-refractivity contribution in [2.45, 2.75) is 43.0 Å². The molecule has 0 unspecified atom stereocenters. The van der Waals surface area contributed by atoms with Gasteiger partial charge in [-0.3, -0.25) is 4.79 Å². The standard InChI is InChI=1S/C16H24N2O2S/c1-18(12-6-4-3-5-7-12)16(19)11-21-15-10-13(20-2)8-9-14(15)17/h8-10,12H,3-7,11,17H2,1-2H3. The number of amides is 1. The summed E-state index contributed by atoms with van der Waals surface area (Å²) in [6.07, 6.45) is 6.03. The lowest BCUT2D eigenvalue weighted by Crippen LogP contribution is -2.39. The summed E-state index contributed by atoms with van der Waals surface area (Å²) in [5, 5.41) is 0. The van der Waals surface area contributed by atoms with E-state index >= 15 is 0 Å². The van der Waals surface area contributed by atoms with Gasteiger partial charge in [0.15, 0.2) is 0 Å². The molecular formula is C16H24N2O2S. The fraction of sp³-hybridized carbons (Fsp3) is 0.562. The molecular weight excluding hydrogens is 284 g/mol. The van der Waals surface area contributed by atoms with Crippen LogP contribution in [0.5, 0.6) is 5.75 Å². The molecule has 1 aliphatic rings. The number of methoxy groups -OCH3 is 1. The highest BCUT2D eigenvalue weighted by molar-refractivity contribution is 8.00. The van der Waals surface area contributed by atoms with E-state index in [2.05, 4.69) is 0 Å². The van der Waals surface area contributed by atoms with Crippen molar-refractivity contribution in [1.82, 2.24) is 4.90 Å². The first kappa shape index (κ1) is 16.0. The molecule has 0 bridgehead atoms. The molecule has 0 heterocycles. The summed E-state index contributed by atoms with van der Waals surface area (Å²) in [6, 6.07) is 5.94. The number of nitrogens with two attached hydrogens (primary N) is 1. The van der Waals surface area contributed by atoms with Gasteiger partial charge in [-0.05, 0) is 31.0 Å². The van der Waals surface area contributed by atoms with E-state index in [9.17, 15) is 4.79 Å². The smallest absolute Gasteiger partial charge is 0.232 e. The van der Waals surface area contributed by atoms with Gasteiger partial charge in [0.1, 0.15) is 5.75 Å². The van der Waals surface area contributed by atoms with Gasteiger partial charge in [0, 0.05) is 23.7 Å². The Kier molecular flexibility index (Phi) is 5.79. The monoisotopic (exact) mass is 308 g/mol. The van der Waals surface area contributed by atoms with Crippen LogP contribution in [0.15, 0.2) is 23.1 Å². The second-order valence-corrected chi connectivity index (χ2v) is 6.51. The van der Waals surface area contributed by atoms with E-state index in [1.807, 2.05) is 30.1 Å². The van der Waals surface area contributed by atoms with Crippen molar-refractivity contribution in [3.05, 3.63) is 18.2 Å². The Balaban J connectivity index is 1.91. The fourth-order valence-electron chi connectivity index (χ4n) is 2.68. The lowest BCUT2D eigenvalue weighted by molar-refractivity contribution is -0.129. The Morgan fingerprint density at radius 1 is 1.38 bits per heavy atom. The molecule has 2 N–H and O–H groups in total. The average molecular weight is 308 g/mol. The van der Waals surface area contributed by atoms with Gasteiger partial charge in [0.25, 0.3) is 0 Å². The van der Waals surface area contributed by atoms with Gasteiger partial charge >= 0.3 is 0 Å². The molecule has 5 heteroatoms. The van der Waals surface area contributed by atoms with E-state index in [1.54, 1.807) is 7.11 Å². The second-order valence-electron chi connectivity index (χ2n) is 5.49. The third kappa shape index (κ3) is 4.30. The summed E-state index contributed by atoms with van der Waals surface area (Å²) < 4.78 is 5.20. The number of ether oxygens (including phenoxy) is 1. The summed E-state index contributed by atoms with van der Waals surface area (Å²) >= 11 is 1.48. The van der Waals surface area contributed by atoms with Gasteiger partial charge in [-0.15, -0.1) is 11.8 Å². The lowest BCUT2D eigenvalue weighted by Gasteiger charge is -2.31. The van der Waals surface area contributed by atoms with Gasteiger partial charge in [-0.25, -0.2) is 0 Å². The van der Waals surface area contributed by atoms with Crippen molar-refractivity contribution in [3.8, 4) is 5.75 Å². The van der Waals surface area contributed by atoms with Crippen molar-refractivity contribution in [2.24, 2.45) is 0 Å². The zero-order valence-electron chi connectivity index (χ0n) is 12.8. The van der Waals surface area contributed by atoms with Gasteiger partial charge in [-0.1, -0.05) is 19.3 Å².